The lowest BCUT2D eigenvalue weighted by Gasteiger charge is -2.17. The summed E-state index contributed by atoms with van der Waals surface area (Å²) in [5.74, 6) is 0.575. The Hall–Kier alpha value is -4.63. The summed E-state index contributed by atoms with van der Waals surface area (Å²) in [6.07, 6.45) is 13.8. The Kier molecular flexibility index (Phi) is 11.2. The van der Waals surface area contributed by atoms with Gasteiger partial charge in [-0.3, -0.25) is 4.98 Å². The van der Waals surface area contributed by atoms with Crippen LogP contribution in [0.1, 0.15) is 117 Å². The van der Waals surface area contributed by atoms with Crippen molar-refractivity contribution in [1.82, 2.24) is 14.1 Å². The minimum Gasteiger partial charge on any atom is -0.340 e. The number of fused-ring (bicyclic) bond motifs is 6. The summed E-state index contributed by atoms with van der Waals surface area (Å²) < 4.78 is 5.05. The van der Waals surface area contributed by atoms with Gasteiger partial charge in [0.15, 0.2) is 0 Å². The van der Waals surface area contributed by atoms with Gasteiger partial charge in [-0.1, -0.05) is 107 Å². The zero-order valence-corrected chi connectivity index (χ0v) is 31.1. The van der Waals surface area contributed by atoms with Crippen LogP contribution in [0.5, 0.6) is 0 Å². The maximum atomic E-state index is 4.59. The van der Waals surface area contributed by atoms with E-state index in [0.717, 1.165) is 29.9 Å². The van der Waals surface area contributed by atoms with E-state index in [1.54, 1.807) is 16.8 Å². The Morgan fingerprint density at radius 3 is 2.06 bits per heavy atom. The van der Waals surface area contributed by atoms with Gasteiger partial charge in [0, 0.05) is 45.9 Å². The van der Waals surface area contributed by atoms with Gasteiger partial charge in [-0.25, -0.2) is 0 Å². The third-order valence-corrected chi connectivity index (χ3v) is 10.6. The number of para-hydroxylation sites is 1. The van der Waals surface area contributed by atoms with Crippen LogP contribution in [0.3, 0.4) is 0 Å². The van der Waals surface area contributed by atoms with Crippen molar-refractivity contribution in [3.63, 3.8) is 0 Å². The smallest absolute Gasteiger partial charge is 0.0673 e. The lowest BCUT2D eigenvalue weighted by Crippen LogP contribution is -2.10. The molecule has 0 atom stereocenters. The molecule has 258 valence electrons. The Morgan fingerprint density at radius 1 is 0.740 bits per heavy atom. The van der Waals surface area contributed by atoms with Crippen LogP contribution in [0.25, 0.3) is 33.5 Å². The normalized spacial score (nSPS) is 13.6. The van der Waals surface area contributed by atoms with Crippen LogP contribution in [-0.4, -0.2) is 14.1 Å². The maximum Gasteiger partial charge on any atom is 0.0673 e. The summed E-state index contributed by atoms with van der Waals surface area (Å²) in [6.45, 7) is 20.6. The van der Waals surface area contributed by atoms with Crippen molar-refractivity contribution in [2.75, 3.05) is 0 Å². The molecule has 0 aliphatic heterocycles. The fourth-order valence-electron chi connectivity index (χ4n) is 8.12. The molecular formula is C47H55N3. The number of hydrogen-bond donors (Lipinski definition) is 0. The highest BCUT2D eigenvalue weighted by atomic mass is 15.0. The summed E-state index contributed by atoms with van der Waals surface area (Å²) in [7, 11) is 0. The van der Waals surface area contributed by atoms with Gasteiger partial charge in [0.2, 0.25) is 0 Å². The molecule has 0 unspecified atom stereocenters. The van der Waals surface area contributed by atoms with Gasteiger partial charge in [-0.2, -0.15) is 0 Å². The van der Waals surface area contributed by atoms with E-state index < -0.39 is 0 Å². The van der Waals surface area contributed by atoms with Crippen LogP contribution >= 0.6 is 0 Å². The average molecular weight is 662 g/mol. The minimum absolute atomic E-state index is 0.575. The minimum atomic E-state index is 0.575. The molecule has 0 saturated heterocycles. The van der Waals surface area contributed by atoms with E-state index in [1.807, 2.05) is 32.2 Å². The molecule has 3 aromatic carbocycles. The molecular weight excluding hydrogens is 607 g/mol. The molecule has 0 amide bonds. The first kappa shape index (κ1) is 35.2. The van der Waals surface area contributed by atoms with Crippen LogP contribution in [0.15, 0.2) is 98.2 Å². The molecule has 3 aromatic heterocycles. The average Bonchev–Trinajstić information content (AvgIpc) is 3.65. The summed E-state index contributed by atoms with van der Waals surface area (Å²) >= 11 is 0. The van der Waals surface area contributed by atoms with Gasteiger partial charge in [0.05, 0.1) is 12.2 Å². The van der Waals surface area contributed by atoms with Gasteiger partial charge < -0.3 is 9.13 Å². The summed E-state index contributed by atoms with van der Waals surface area (Å²) in [5, 5.41) is 2.91. The van der Waals surface area contributed by atoms with Gasteiger partial charge in [-0.15, -0.1) is 0 Å². The molecule has 0 N–H and O–H groups in total. The van der Waals surface area contributed by atoms with Crippen LogP contribution < -0.4 is 0 Å². The maximum absolute atomic E-state index is 4.59. The zero-order chi connectivity index (χ0) is 35.2. The molecule has 6 aromatic rings. The molecule has 8 rings (SSSR count). The van der Waals surface area contributed by atoms with Gasteiger partial charge >= 0.3 is 0 Å². The number of allylic oxidation sites excluding steroid dienone is 1. The predicted molar refractivity (Wildman–Crippen MR) is 216 cm³/mol. The van der Waals surface area contributed by atoms with Crippen molar-refractivity contribution in [3.8, 4) is 0 Å². The second-order valence-electron chi connectivity index (χ2n) is 14.1. The molecule has 3 heterocycles. The Balaban J connectivity index is 0.000000167. The van der Waals surface area contributed by atoms with E-state index in [-0.39, 0.29) is 0 Å². The van der Waals surface area contributed by atoms with Crippen molar-refractivity contribution in [2.24, 2.45) is 0 Å². The lowest BCUT2D eigenvalue weighted by atomic mass is 9.93. The number of pyridine rings is 1. The SMILES string of the molecule is C=C(C)c1ccccc1Cn1c2c(c3cc(C(C)C)ccc31)CCCC2.C=Cc1cccnc1Cn1c2c(c3ccccc31)CCCC2.CC. The lowest BCUT2D eigenvalue weighted by molar-refractivity contribution is 0.634. The molecule has 2 aliphatic rings. The van der Waals surface area contributed by atoms with Crippen molar-refractivity contribution in [1.29, 1.82) is 0 Å². The summed E-state index contributed by atoms with van der Waals surface area (Å²) in [6, 6.07) is 28.7. The number of aromatic nitrogens is 3. The topological polar surface area (TPSA) is 22.8 Å². The molecule has 0 radical (unpaired) electrons. The van der Waals surface area contributed by atoms with Crippen molar-refractivity contribution >= 4 is 33.5 Å². The van der Waals surface area contributed by atoms with Crippen molar-refractivity contribution in [3.05, 3.63) is 149 Å². The molecule has 0 saturated carbocycles. The molecule has 3 nitrogen and oxygen atoms in total. The number of aryl methyl sites for hydroxylation is 2. The van der Waals surface area contributed by atoms with Gasteiger partial charge in [-0.05, 0) is 122 Å². The van der Waals surface area contributed by atoms with Crippen molar-refractivity contribution in [2.45, 2.75) is 105 Å². The van der Waals surface area contributed by atoms with Crippen LogP contribution in [0.4, 0.5) is 0 Å². The standard InChI is InChI=1S/C25H29N.C20H20N2.C2H6/c1-17(2)19-13-14-25-23(15-19)22-11-7-8-12-24(22)26(25)16-20-9-5-6-10-21(20)18(3)4;1-2-15-8-7-13-21-18(15)14-22-19-11-5-3-9-16(19)17-10-4-6-12-20(17)22;1-2/h5-6,9-10,13-15,17H,3,7-8,11-12,16H2,1-2,4H3;2-3,5,7-9,11,13H,1,4,6,10,12,14H2;1-2H3. The quantitative estimate of drug-likeness (QED) is 0.167. The van der Waals surface area contributed by atoms with E-state index in [9.17, 15) is 0 Å². The number of hydrogen-bond acceptors (Lipinski definition) is 1. The molecule has 2 aliphatic carbocycles. The first-order chi connectivity index (χ1) is 24.4. The monoisotopic (exact) mass is 661 g/mol. The Bertz CT molecular complexity index is 2120. The van der Waals surface area contributed by atoms with Crippen LogP contribution in [-0.2, 0) is 38.8 Å². The number of rotatable bonds is 7. The highest BCUT2D eigenvalue weighted by Gasteiger charge is 2.22. The second-order valence-corrected chi connectivity index (χ2v) is 14.1. The van der Waals surface area contributed by atoms with Crippen molar-refractivity contribution < 1.29 is 0 Å². The van der Waals surface area contributed by atoms with E-state index in [2.05, 4.69) is 121 Å². The highest BCUT2D eigenvalue weighted by Crippen LogP contribution is 2.36. The third-order valence-electron chi connectivity index (χ3n) is 10.6. The highest BCUT2D eigenvalue weighted by molar-refractivity contribution is 5.87. The predicted octanol–water partition coefficient (Wildman–Crippen LogP) is 12.4. The second kappa shape index (κ2) is 15.9. The van der Waals surface area contributed by atoms with E-state index in [4.69, 9.17) is 0 Å². The van der Waals surface area contributed by atoms with Crippen LogP contribution in [0.2, 0.25) is 0 Å². The zero-order valence-electron chi connectivity index (χ0n) is 31.1. The fourth-order valence-corrected chi connectivity index (χ4v) is 8.12. The van der Waals surface area contributed by atoms with E-state index >= 15 is 0 Å². The van der Waals surface area contributed by atoms with Crippen LogP contribution in [0, 0.1) is 0 Å². The number of benzene rings is 3. The van der Waals surface area contributed by atoms with Gasteiger partial charge in [0.1, 0.15) is 0 Å². The molecule has 0 spiro atoms. The fraction of sp³-hybridized carbons (Fsp3) is 0.340. The molecule has 0 fully saturated rings. The van der Waals surface area contributed by atoms with E-state index in [0.29, 0.717) is 5.92 Å². The Labute approximate surface area is 300 Å². The number of nitrogens with zero attached hydrogens (tertiary/aromatic N) is 3. The molecule has 3 heteroatoms. The summed E-state index contributed by atoms with van der Waals surface area (Å²) in [5.41, 5.74) is 16.5. The Morgan fingerprint density at radius 2 is 1.36 bits per heavy atom. The summed E-state index contributed by atoms with van der Waals surface area (Å²) in [4.78, 5) is 4.59. The first-order valence-electron chi connectivity index (χ1n) is 19.0. The van der Waals surface area contributed by atoms with E-state index in [1.165, 1.54) is 95.6 Å². The van der Waals surface area contributed by atoms with Gasteiger partial charge in [0.25, 0.3) is 0 Å². The third kappa shape index (κ3) is 7.01. The largest absolute Gasteiger partial charge is 0.340 e. The first-order valence-corrected chi connectivity index (χ1v) is 19.0. The molecule has 50 heavy (non-hydrogen) atoms. The molecule has 0 bridgehead atoms.